The first kappa shape index (κ1) is 18.3. The molecule has 0 spiro atoms. The van der Waals surface area contributed by atoms with Crippen molar-refractivity contribution in [3.63, 3.8) is 0 Å². The normalized spacial score (nSPS) is 23.1. The molecule has 0 saturated carbocycles. The maximum absolute atomic E-state index is 12.9. The third-order valence-electron chi connectivity index (χ3n) is 6.42. The van der Waals surface area contributed by atoms with Gasteiger partial charge in [0, 0.05) is 35.9 Å². The minimum Gasteiger partial charge on any atom is -0.338 e. The molecule has 6 heteroatoms. The Hall–Kier alpha value is -1.76. The van der Waals surface area contributed by atoms with Crippen molar-refractivity contribution >= 4 is 38.8 Å². The fourth-order valence-electron chi connectivity index (χ4n) is 4.64. The van der Waals surface area contributed by atoms with Gasteiger partial charge >= 0.3 is 0 Å². The summed E-state index contributed by atoms with van der Waals surface area (Å²) in [7, 11) is 0. The monoisotopic (exact) mass is 412 g/mol. The van der Waals surface area contributed by atoms with Crippen molar-refractivity contribution in [3.05, 3.63) is 51.2 Å². The Morgan fingerprint density at radius 3 is 2.89 bits per heavy atom. The van der Waals surface area contributed by atoms with Crippen LogP contribution < -0.4 is 4.90 Å². The summed E-state index contributed by atoms with van der Waals surface area (Å²) in [4.78, 5) is 22.8. The minimum atomic E-state index is 0.322. The smallest absolute Gasteiger partial charge is 0.277 e. The number of nitrogens with zero attached hydrogens (tertiary/aromatic N) is 2. The Labute approximate surface area is 173 Å². The van der Waals surface area contributed by atoms with Gasteiger partial charge in [-0.1, -0.05) is 12.1 Å². The van der Waals surface area contributed by atoms with E-state index in [1.54, 1.807) is 0 Å². The van der Waals surface area contributed by atoms with Crippen molar-refractivity contribution in [1.29, 1.82) is 0 Å². The Balaban J connectivity index is 1.19. The SMILES string of the molecule is C[C@H]1c2ccsc2CC[NH+]1CC(=O)N1CCC(c2nc3ccccc3s2)CC1. The molecule has 1 fully saturated rings. The number of benzene rings is 1. The molecule has 0 bridgehead atoms. The second-order valence-corrected chi connectivity index (χ2v) is 10.1. The number of thiophene rings is 1. The summed E-state index contributed by atoms with van der Waals surface area (Å²) in [5, 5.41) is 3.44. The van der Waals surface area contributed by atoms with Gasteiger partial charge in [-0.05, 0) is 43.3 Å². The molecule has 3 aromatic rings. The van der Waals surface area contributed by atoms with Crippen molar-refractivity contribution < 1.29 is 9.69 Å². The number of aromatic nitrogens is 1. The summed E-state index contributed by atoms with van der Waals surface area (Å²) in [5.41, 5.74) is 2.56. The Bertz CT molecular complexity index is 954. The van der Waals surface area contributed by atoms with E-state index in [2.05, 4.69) is 47.5 Å². The van der Waals surface area contributed by atoms with E-state index in [-0.39, 0.29) is 0 Å². The fourth-order valence-corrected chi connectivity index (χ4v) is 6.75. The van der Waals surface area contributed by atoms with Crippen LogP contribution in [0.15, 0.2) is 35.7 Å². The van der Waals surface area contributed by atoms with Crippen LogP contribution in [-0.2, 0) is 11.2 Å². The molecule has 2 aliphatic rings. The summed E-state index contributed by atoms with van der Waals surface area (Å²) >= 11 is 3.68. The Kier molecular flexibility index (Phi) is 4.95. The van der Waals surface area contributed by atoms with Crippen molar-refractivity contribution in [2.24, 2.45) is 0 Å². The van der Waals surface area contributed by atoms with Crippen LogP contribution in [0.3, 0.4) is 0 Å². The van der Waals surface area contributed by atoms with Gasteiger partial charge in [0.1, 0.15) is 6.04 Å². The van der Waals surface area contributed by atoms with Gasteiger partial charge < -0.3 is 9.80 Å². The number of para-hydroxylation sites is 1. The molecule has 1 amide bonds. The van der Waals surface area contributed by atoms with E-state index < -0.39 is 0 Å². The number of nitrogens with one attached hydrogen (secondary N) is 1. The van der Waals surface area contributed by atoms with Crippen molar-refractivity contribution in [3.8, 4) is 0 Å². The van der Waals surface area contributed by atoms with Gasteiger partial charge in [-0.25, -0.2) is 4.98 Å². The Morgan fingerprint density at radius 2 is 2.07 bits per heavy atom. The van der Waals surface area contributed by atoms with Gasteiger partial charge in [-0.3, -0.25) is 4.79 Å². The van der Waals surface area contributed by atoms with E-state index in [9.17, 15) is 4.79 Å². The van der Waals surface area contributed by atoms with Crippen molar-refractivity contribution in [2.45, 2.75) is 38.1 Å². The van der Waals surface area contributed by atoms with E-state index >= 15 is 0 Å². The molecule has 1 N–H and O–H groups in total. The molecular weight excluding hydrogens is 386 g/mol. The van der Waals surface area contributed by atoms with Crippen LogP contribution in [0, 0.1) is 0 Å². The predicted octanol–water partition coefficient (Wildman–Crippen LogP) is 3.27. The lowest BCUT2D eigenvalue weighted by molar-refractivity contribution is -0.924. The van der Waals surface area contributed by atoms with Gasteiger partial charge in [-0.15, -0.1) is 22.7 Å². The van der Waals surface area contributed by atoms with Crippen molar-refractivity contribution in [2.75, 3.05) is 26.2 Å². The summed E-state index contributed by atoms with van der Waals surface area (Å²) in [6, 6.07) is 11.0. The average molecular weight is 413 g/mol. The number of piperidine rings is 1. The maximum atomic E-state index is 12.9. The van der Waals surface area contributed by atoms with E-state index in [0.717, 1.165) is 44.4 Å². The lowest BCUT2D eigenvalue weighted by Crippen LogP contribution is -3.14. The van der Waals surface area contributed by atoms with Gasteiger partial charge in [0.2, 0.25) is 0 Å². The zero-order chi connectivity index (χ0) is 19.1. The third kappa shape index (κ3) is 3.38. The molecule has 1 saturated heterocycles. The molecule has 1 aromatic carbocycles. The highest BCUT2D eigenvalue weighted by molar-refractivity contribution is 7.18. The minimum absolute atomic E-state index is 0.322. The number of quaternary nitrogens is 1. The number of rotatable bonds is 3. The van der Waals surface area contributed by atoms with Crippen molar-refractivity contribution in [1.82, 2.24) is 9.88 Å². The summed E-state index contributed by atoms with van der Waals surface area (Å²) < 4.78 is 1.27. The Morgan fingerprint density at radius 1 is 1.25 bits per heavy atom. The van der Waals surface area contributed by atoms with Gasteiger partial charge in [-0.2, -0.15) is 0 Å². The molecule has 2 aliphatic heterocycles. The van der Waals surface area contributed by atoms with Crippen LogP contribution in [0.5, 0.6) is 0 Å². The zero-order valence-electron chi connectivity index (χ0n) is 16.2. The first-order valence-electron chi connectivity index (χ1n) is 10.2. The van der Waals surface area contributed by atoms with E-state index in [1.807, 2.05) is 22.7 Å². The van der Waals surface area contributed by atoms with Crippen LogP contribution >= 0.6 is 22.7 Å². The van der Waals surface area contributed by atoms with Crippen LogP contribution in [0.1, 0.15) is 47.2 Å². The first-order valence-corrected chi connectivity index (χ1v) is 11.9. The number of carbonyl (C=O) groups is 1. The molecular formula is C22H26N3OS2+. The molecule has 4 heterocycles. The highest BCUT2D eigenvalue weighted by Gasteiger charge is 2.32. The standard InChI is InChI=1S/C22H25N3OS2/c1-15-17-9-13-27-19(17)8-12-25(15)14-21(26)24-10-6-16(7-11-24)22-23-18-4-2-3-5-20(18)28-22/h2-5,9,13,15-16H,6-8,10-12,14H2,1H3/p+1/t15-/m0/s1. The van der Waals surface area contributed by atoms with Gasteiger partial charge in [0.15, 0.2) is 6.54 Å². The molecule has 28 heavy (non-hydrogen) atoms. The van der Waals surface area contributed by atoms with Crippen LogP contribution in [0.4, 0.5) is 0 Å². The van der Waals surface area contributed by atoms with Crippen LogP contribution in [-0.4, -0.2) is 42.0 Å². The number of hydrogen-bond acceptors (Lipinski definition) is 4. The van der Waals surface area contributed by atoms with E-state index in [0.29, 0.717) is 24.4 Å². The highest BCUT2D eigenvalue weighted by Crippen LogP contribution is 2.33. The van der Waals surface area contributed by atoms with Crippen LogP contribution in [0.25, 0.3) is 10.2 Å². The number of hydrogen-bond donors (Lipinski definition) is 1. The van der Waals surface area contributed by atoms with Gasteiger partial charge in [0.25, 0.3) is 5.91 Å². The molecule has 0 radical (unpaired) electrons. The zero-order valence-corrected chi connectivity index (χ0v) is 17.8. The van der Waals surface area contributed by atoms with Crippen LogP contribution in [0.2, 0.25) is 0 Å². The molecule has 2 atom stereocenters. The number of carbonyl (C=O) groups excluding carboxylic acids is 1. The molecule has 4 nitrogen and oxygen atoms in total. The summed E-state index contributed by atoms with van der Waals surface area (Å²) in [6.45, 7) is 5.70. The molecule has 1 unspecified atom stereocenters. The second-order valence-electron chi connectivity index (χ2n) is 8.03. The third-order valence-corrected chi connectivity index (χ3v) is 8.61. The predicted molar refractivity (Wildman–Crippen MR) is 115 cm³/mol. The van der Waals surface area contributed by atoms with E-state index in [4.69, 9.17) is 4.98 Å². The topological polar surface area (TPSA) is 37.6 Å². The second kappa shape index (κ2) is 7.58. The lowest BCUT2D eigenvalue weighted by Gasteiger charge is -2.34. The highest BCUT2D eigenvalue weighted by atomic mass is 32.1. The molecule has 0 aliphatic carbocycles. The number of thiazole rings is 1. The molecule has 2 aromatic heterocycles. The maximum Gasteiger partial charge on any atom is 0.277 e. The fraction of sp³-hybridized carbons (Fsp3) is 0.455. The first-order chi connectivity index (χ1) is 13.7. The average Bonchev–Trinajstić information content (AvgIpc) is 3.37. The quantitative estimate of drug-likeness (QED) is 0.717. The van der Waals surface area contributed by atoms with E-state index in [1.165, 1.54) is 25.0 Å². The number of fused-ring (bicyclic) bond motifs is 2. The summed E-state index contributed by atoms with van der Waals surface area (Å²) in [5.74, 6) is 0.819. The molecule has 146 valence electrons. The van der Waals surface area contributed by atoms with Gasteiger partial charge in [0.05, 0.1) is 21.8 Å². The largest absolute Gasteiger partial charge is 0.338 e. The number of likely N-dealkylation sites (tertiary alicyclic amines) is 1. The molecule has 5 rings (SSSR count). The number of amides is 1. The lowest BCUT2D eigenvalue weighted by atomic mass is 9.97. The summed E-state index contributed by atoms with van der Waals surface area (Å²) in [6.07, 6.45) is 3.18.